The summed E-state index contributed by atoms with van der Waals surface area (Å²) in [4.78, 5) is 37.6. The molecule has 1 spiro atoms. The van der Waals surface area contributed by atoms with Gasteiger partial charge in [-0.05, 0) is 49.1 Å². The van der Waals surface area contributed by atoms with E-state index < -0.39 is 5.60 Å². The number of carbonyl (C=O) groups is 2. The summed E-state index contributed by atoms with van der Waals surface area (Å²) in [5.41, 5.74) is 1.21. The van der Waals surface area contributed by atoms with E-state index >= 15 is 0 Å². The Hall–Kier alpha value is -3.94. The number of aromatic nitrogens is 2. The molecule has 3 aromatic rings. The first-order valence-electron chi connectivity index (χ1n) is 12.0. The van der Waals surface area contributed by atoms with Crippen LogP contribution in [-0.2, 0) is 11.2 Å². The van der Waals surface area contributed by atoms with Crippen molar-refractivity contribution in [2.75, 3.05) is 26.2 Å². The molecule has 2 aromatic carbocycles. The highest BCUT2D eigenvalue weighted by molar-refractivity contribution is 5.94. The molecule has 1 unspecified atom stereocenters. The van der Waals surface area contributed by atoms with Crippen LogP contribution in [0.4, 0.5) is 4.79 Å². The van der Waals surface area contributed by atoms with Crippen LogP contribution in [-0.4, -0.2) is 63.5 Å². The molecule has 8 heteroatoms. The monoisotopic (exact) mass is 472 g/mol. The molecule has 1 aromatic heterocycles. The molecule has 180 valence electrons. The Kier molecular flexibility index (Phi) is 6.61. The van der Waals surface area contributed by atoms with Gasteiger partial charge in [-0.1, -0.05) is 36.4 Å². The third-order valence-corrected chi connectivity index (χ3v) is 6.57. The molecule has 8 nitrogen and oxygen atoms in total. The fourth-order valence-corrected chi connectivity index (χ4v) is 4.72. The number of nitrogens with zero attached hydrogens (tertiary/aromatic N) is 4. The molecule has 3 heterocycles. The number of hydrogen-bond donors (Lipinski definition) is 0. The number of benzene rings is 2. The molecule has 2 fully saturated rings. The van der Waals surface area contributed by atoms with Crippen LogP contribution in [0.1, 0.15) is 35.2 Å². The summed E-state index contributed by atoms with van der Waals surface area (Å²) in [7, 11) is 0. The van der Waals surface area contributed by atoms with Gasteiger partial charge in [0.15, 0.2) is 0 Å². The van der Waals surface area contributed by atoms with Crippen molar-refractivity contribution in [3.8, 4) is 11.8 Å². The summed E-state index contributed by atoms with van der Waals surface area (Å²) in [5, 5.41) is 0. The van der Waals surface area contributed by atoms with Crippen molar-refractivity contribution in [3.63, 3.8) is 0 Å². The number of carbonyl (C=O) groups excluding carboxylic acids is 2. The van der Waals surface area contributed by atoms with E-state index in [2.05, 4.69) is 22.1 Å². The molecule has 2 amide bonds. The average Bonchev–Trinajstić information content (AvgIpc) is 3.06. The van der Waals surface area contributed by atoms with Gasteiger partial charge < -0.3 is 19.3 Å². The van der Waals surface area contributed by atoms with Crippen LogP contribution in [0.2, 0.25) is 0 Å². The summed E-state index contributed by atoms with van der Waals surface area (Å²) >= 11 is 0. The van der Waals surface area contributed by atoms with E-state index in [0.717, 1.165) is 19.3 Å². The van der Waals surface area contributed by atoms with Crippen LogP contribution < -0.4 is 4.74 Å². The first kappa shape index (κ1) is 22.8. The summed E-state index contributed by atoms with van der Waals surface area (Å²) in [6.07, 6.45) is 5.89. The van der Waals surface area contributed by atoms with Gasteiger partial charge in [-0.25, -0.2) is 14.8 Å². The van der Waals surface area contributed by atoms with E-state index in [0.29, 0.717) is 43.9 Å². The average molecular weight is 473 g/mol. The van der Waals surface area contributed by atoms with E-state index in [4.69, 9.17) is 9.47 Å². The van der Waals surface area contributed by atoms with Crippen molar-refractivity contribution in [2.24, 2.45) is 0 Å². The Bertz CT molecular complexity index is 1170. The van der Waals surface area contributed by atoms with Crippen LogP contribution in [0, 0.1) is 0 Å². The predicted octanol–water partition coefficient (Wildman–Crippen LogP) is 4.33. The van der Waals surface area contributed by atoms with Gasteiger partial charge in [0.1, 0.15) is 11.4 Å². The molecule has 0 bridgehead atoms. The highest BCUT2D eigenvalue weighted by atomic mass is 16.6. The lowest BCUT2D eigenvalue weighted by Crippen LogP contribution is -2.37. The second kappa shape index (κ2) is 10.1. The molecule has 0 saturated carbocycles. The molecule has 2 aliphatic rings. The molecule has 0 radical (unpaired) electrons. The number of ether oxygens (including phenoxy) is 2. The molecule has 5 rings (SSSR count). The van der Waals surface area contributed by atoms with Gasteiger partial charge in [-0.2, -0.15) is 0 Å². The Morgan fingerprint density at radius 3 is 2.66 bits per heavy atom. The van der Waals surface area contributed by atoms with E-state index in [1.165, 1.54) is 5.56 Å². The summed E-state index contributed by atoms with van der Waals surface area (Å²) < 4.78 is 11.6. The van der Waals surface area contributed by atoms with E-state index in [9.17, 15) is 9.59 Å². The lowest BCUT2D eigenvalue weighted by Gasteiger charge is -2.25. The Balaban J connectivity index is 1.20. The predicted molar refractivity (Wildman–Crippen MR) is 129 cm³/mol. The SMILES string of the molecule is O=C1OC2(CCCN(C(=O)c3cccc(Oc4ncccn4)c3)CC2)CN1CCc1ccccc1. The second-order valence-electron chi connectivity index (χ2n) is 9.02. The molecular formula is C27H28N4O4. The van der Waals surface area contributed by atoms with Gasteiger partial charge in [0.25, 0.3) is 5.91 Å². The smallest absolute Gasteiger partial charge is 0.410 e. The molecule has 0 N–H and O–H groups in total. The van der Waals surface area contributed by atoms with Gasteiger partial charge in [0.2, 0.25) is 0 Å². The van der Waals surface area contributed by atoms with E-state index in [1.807, 2.05) is 23.1 Å². The normalized spacial score (nSPS) is 19.9. The molecule has 35 heavy (non-hydrogen) atoms. The van der Waals surface area contributed by atoms with Crippen molar-refractivity contribution in [2.45, 2.75) is 31.3 Å². The maximum Gasteiger partial charge on any atom is 0.410 e. The van der Waals surface area contributed by atoms with E-state index in [1.54, 1.807) is 47.6 Å². The minimum absolute atomic E-state index is 0.0632. The van der Waals surface area contributed by atoms with Crippen LogP contribution in [0.3, 0.4) is 0 Å². The lowest BCUT2D eigenvalue weighted by atomic mass is 9.95. The zero-order chi connectivity index (χ0) is 24.1. The van der Waals surface area contributed by atoms with Crippen molar-refractivity contribution >= 4 is 12.0 Å². The van der Waals surface area contributed by atoms with Crippen LogP contribution in [0.25, 0.3) is 0 Å². The fourth-order valence-electron chi connectivity index (χ4n) is 4.72. The summed E-state index contributed by atoms with van der Waals surface area (Å²) in [6, 6.07) is 19.1. The summed E-state index contributed by atoms with van der Waals surface area (Å²) in [5.74, 6) is 0.443. The Morgan fingerprint density at radius 1 is 1.00 bits per heavy atom. The minimum Gasteiger partial charge on any atom is -0.441 e. The zero-order valence-electron chi connectivity index (χ0n) is 19.5. The Labute approximate surface area is 204 Å². The van der Waals surface area contributed by atoms with Gasteiger partial charge in [-0.15, -0.1) is 0 Å². The maximum absolute atomic E-state index is 13.3. The first-order valence-corrected chi connectivity index (χ1v) is 12.0. The molecular weight excluding hydrogens is 444 g/mol. The van der Waals surface area contributed by atoms with Crippen molar-refractivity contribution in [3.05, 3.63) is 84.2 Å². The first-order chi connectivity index (χ1) is 17.1. The highest BCUT2D eigenvalue weighted by Crippen LogP contribution is 2.34. The van der Waals surface area contributed by atoms with Gasteiger partial charge >= 0.3 is 12.1 Å². The quantitative estimate of drug-likeness (QED) is 0.531. The minimum atomic E-state index is -0.529. The van der Waals surface area contributed by atoms with Crippen molar-refractivity contribution < 1.29 is 19.1 Å². The lowest BCUT2D eigenvalue weighted by molar-refractivity contribution is 0.0438. The molecule has 2 saturated heterocycles. The number of amides is 2. The Morgan fingerprint density at radius 2 is 1.83 bits per heavy atom. The standard InChI is InChI=1S/C27H28N4O4/c32-24(22-9-4-10-23(19-22)34-25-28-14-6-15-29-25)30-16-5-12-27(13-18-30)20-31(26(33)35-27)17-11-21-7-2-1-3-8-21/h1-4,6-10,14-15,19H,5,11-13,16-18,20H2. The third-order valence-electron chi connectivity index (χ3n) is 6.57. The van der Waals surface area contributed by atoms with Gasteiger partial charge in [-0.3, -0.25) is 4.79 Å². The topological polar surface area (TPSA) is 84.9 Å². The molecule has 2 aliphatic heterocycles. The largest absolute Gasteiger partial charge is 0.441 e. The number of rotatable bonds is 6. The van der Waals surface area contributed by atoms with Crippen molar-refractivity contribution in [1.82, 2.24) is 19.8 Å². The second-order valence-corrected chi connectivity index (χ2v) is 9.02. The van der Waals surface area contributed by atoms with E-state index in [-0.39, 0.29) is 18.0 Å². The third kappa shape index (κ3) is 5.42. The number of likely N-dealkylation sites (tertiary alicyclic amines) is 1. The maximum atomic E-state index is 13.3. The zero-order valence-corrected chi connectivity index (χ0v) is 19.5. The van der Waals surface area contributed by atoms with Crippen molar-refractivity contribution in [1.29, 1.82) is 0 Å². The van der Waals surface area contributed by atoms with Crippen LogP contribution in [0.5, 0.6) is 11.8 Å². The summed E-state index contributed by atoms with van der Waals surface area (Å²) in [6.45, 7) is 2.35. The molecule has 1 atom stereocenters. The highest BCUT2D eigenvalue weighted by Gasteiger charge is 2.45. The number of hydrogen-bond acceptors (Lipinski definition) is 6. The van der Waals surface area contributed by atoms with Gasteiger partial charge in [0.05, 0.1) is 6.54 Å². The fraction of sp³-hybridized carbons (Fsp3) is 0.333. The van der Waals surface area contributed by atoms with Crippen LogP contribution in [0.15, 0.2) is 73.1 Å². The molecule has 0 aliphatic carbocycles. The van der Waals surface area contributed by atoms with Crippen LogP contribution >= 0.6 is 0 Å². The van der Waals surface area contributed by atoms with Gasteiger partial charge in [0, 0.05) is 44.0 Å².